The molecular formula is C14H22FN3O. The van der Waals surface area contributed by atoms with Gasteiger partial charge < -0.3 is 10.6 Å². The van der Waals surface area contributed by atoms with Gasteiger partial charge in [0, 0.05) is 25.3 Å². The maximum atomic E-state index is 13.3. The van der Waals surface area contributed by atoms with Crippen molar-refractivity contribution in [2.45, 2.75) is 20.3 Å². The van der Waals surface area contributed by atoms with Crippen molar-refractivity contribution in [3.63, 3.8) is 0 Å². The summed E-state index contributed by atoms with van der Waals surface area (Å²) in [5.41, 5.74) is 6.07. The van der Waals surface area contributed by atoms with Gasteiger partial charge in [0.15, 0.2) is 0 Å². The highest BCUT2D eigenvalue weighted by molar-refractivity contribution is 5.91. The average Bonchev–Trinajstić information content (AvgIpc) is 2.40. The fraction of sp³-hybridized carbons (Fsp3) is 0.500. The van der Waals surface area contributed by atoms with Crippen molar-refractivity contribution in [1.29, 1.82) is 0 Å². The van der Waals surface area contributed by atoms with E-state index in [1.165, 1.54) is 12.1 Å². The van der Waals surface area contributed by atoms with Crippen LogP contribution in [0.1, 0.15) is 20.3 Å². The van der Waals surface area contributed by atoms with Crippen LogP contribution < -0.4 is 10.6 Å². The molecule has 0 aliphatic carbocycles. The minimum Gasteiger partial charge on any atom is -0.330 e. The van der Waals surface area contributed by atoms with Crippen molar-refractivity contribution >= 4 is 11.7 Å². The third-order valence-electron chi connectivity index (χ3n) is 2.97. The van der Waals surface area contributed by atoms with Crippen molar-refractivity contribution in [3.8, 4) is 0 Å². The lowest BCUT2D eigenvalue weighted by Gasteiger charge is -2.29. The van der Waals surface area contributed by atoms with E-state index in [4.69, 9.17) is 5.73 Å². The second-order valence-electron chi connectivity index (χ2n) is 4.23. The van der Waals surface area contributed by atoms with E-state index >= 15 is 0 Å². The summed E-state index contributed by atoms with van der Waals surface area (Å²) in [4.78, 5) is 15.7. The Bertz CT molecular complexity index is 407. The van der Waals surface area contributed by atoms with Crippen LogP contribution in [0.25, 0.3) is 0 Å². The number of anilines is 1. The Morgan fingerprint density at radius 1 is 1.32 bits per heavy atom. The molecule has 19 heavy (non-hydrogen) atoms. The molecule has 0 aliphatic rings. The third kappa shape index (κ3) is 4.21. The maximum absolute atomic E-state index is 13.3. The van der Waals surface area contributed by atoms with Gasteiger partial charge in [0.05, 0.1) is 0 Å². The van der Waals surface area contributed by atoms with Gasteiger partial charge >= 0.3 is 6.03 Å². The molecule has 106 valence electrons. The molecule has 5 heteroatoms. The van der Waals surface area contributed by atoms with Crippen molar-refractivity contribution in [3.05, 3.63) is 30.1 Å². The summed E-state index contributed by atoms with van der Waals surface area (Å²) in [7, 11) is 0. The highest BCUT2D eigenvalue weighted by atomic mass is 19.1. The summed E-state index contributed by atoms with van der Waals surface area (Å²) in [6, 6.07) is 5.98. The van der Waals surface area contributed by atoms with Crippen LogP contribution >= 0.6 is 0 Å². The summed E-state index contributed by atoms with van der Waals surface area (Å²) in [5, 5.41) is 0. The molecule has 0 heterocycles. The summed E-state index contributed by atoms with van der Waals surface area (Å²) >= 11 is 0. The molecule has 1 aromatic carbocycles. The Kier molecular flexibility index (Phi) is 6.29. The molecular weight excluding hydrogens is 245 g/mol. The van der Waals surface area contributed by atoms with E-state index in [-0.39, 0.29) is 11.8 Å². The predicted octanol–water partition coefficient (Wildman–Crippen LogP) is 2.44. The predicted molar refractivity (Wildman–Crippen MR) is 75.7 cm³/mol. The van der Waals surface area contributed by atoms with E-state index in [2.05, 4.69) is 0 Å². The first-order chi connectivity index (χ1) is 9.13. The number of urea groups is 1. The van der Waals surface area contributed by atoms with Gasteiger partial charge in [-0.1, -0.05) is 6.07 Å². The van der Waals surface area contributed by atoms with Crippen molar-refractivity contribution in [2.24, 2.45) is 5.73 Å². The minimum atomic E-state index is -0.345. The van der Waals surface area contributed by atoms with Gasteiger partial charge in [-0.3, -0.25) is 4.90 Å². The lowest BCUT2D eigenvalue weighted by Crippen LogP contribution is -2.44. The number of nitrogens with two attached hydrogens (primary N) is 1. The molecule has 0 spiro atoms. The SMILES string of the molecule is CCN(CC)C(=O)N(CCCN)c1cccc(F)c1. The highest BCUT2D eigenvalue weighted by Crippen LogP contribution is 2.17. The van der Waals surface area contributed by atoms with Gasteiger partial charge in [-0.25, -0.2) is 9.18 Å². The zero-order valence-corrected chi connectivity index (χ0v) is 11.6. The maximum Gasteiger partial charge on any atom is 0.324 e. The quantitative estimate of drug-likeness (QED) is 0.860. The molecule has 4 nitrogen and oxygen atoms in total. The fourth-order valence-corrected chi connectivity index (χ4v) is 1.89. The zero-order valence-electron chi connectivity index (χ0n) is 11.6. The average molecular weight is 267 g/mol. The van der Waals surface area contributed by atoms with E-state index in [0.717, 1.165) is 0 Å². The van der Waals surface area contributed by atoms with Gasteiger partial charge in [-0.15, -0.1) is 0 Å². The van der Waals surface area contributed by atoms with Crippen LogP contribution in [-0.4, -0.2) is 37.1 Å². The van der Waals surface area contributed by atoms with Crippen LogP contribution in [0.4, 0.5) is 14.9 Å². The van der Waals surface area contributed by atoms with Crippen LogP contribution in [0.2, 0.25) is 0 Å². The summed E-state index contributed by atoms with van der Waals surface area (Å²) in [5.74, 6) is -0.345. The summed E-state index contributed by atoms with van der Waals surface area (Å²) in [6.45, 7) is 6.10. The zero-order chi connectivity index (χ0) is 14.3. The molecule has 0 saturated heterocycles. The Morgan fingerprint density at radius 2 is 2.00 bits per heavy atom. The smallest absolute Gasteiger partial charge is 0.324 e. The van der Waals surface area contributed by atoms with Crippen LogP contribution in [0.3, 0.4) is 0 Å². The minimum absolute atomic E-state index is 0.107. The van der Waals surface area contributed by atoms with Crippen LogP contribution in [0.5, 0.6) is 0 Å². The molecule has 0 saturated carbocycles. The number of carbonyl (C=O) groups excluding carboxylic acids is 1. The summed E-state index contributed by atoms with van der Waals surface area (Å²) in [6.07, 6.45) is 0.684. The van der Waals surface area contributed by atoms with Crippen LogP contribution in [0.15, 0.2) is 24.3 Å². The second-order valence-corrected chi connectivity index (χ2v) is 4.23. The highest BCUT2D eigenvalue weighted by Gasteiger charge is 2.20. The van der Waals surface area contributed by atoms with E-state index < -0.39 is 0 Å². The molecule has 1 aromatic rings. The molecule has 0 unspecified atom stereocenters. The second kappa shape index (κ2) is 7.74. The Hall–Kier alpha value is -1.62. The normalized spacial score (nSPS) is 10.3. The molecule has 1 rings (SSSR count). The number of amides is 2. The van der Waals surface area contributed by atoms with Gasteiger partial charge in [-0.05, 0) is 45.0 Å². The Balaban J connectivity index is 2.96. The standard InChI is InChI=1S/C14H22FN3O/c1-3-17(4-2)14(19)18(10-6-9-16)13-8-5-7-12(15)11-13/h5,7-8,11H,3-4,6,9-10,16H2,1-2H3. The fourth-order valence-electron chi connectivity index (χ4n) is 1.89. The van der Waals surface area contributed by atoms with Crippen molar-refractivity contribution in [2.75, 3.05) is 31.1 Å². The first-order valence-corrected chi connectivity index (χ1v) is 6.66. The van der Waals surface area contributed by atoms with Crippen molar-refractivity contribution < 1.29 is 9.18 Å². The molecule has 0 bridgehead atoms. The number of hydrogen-bond acceptors (Lipinski definition) is 2. The summed E-state index contributed by atoms with van der Waals surface area (Å²) < 4.78 is 13.3. The molecule has 0 aromatic heterocycles. The first kappa shape index (κ1) is 15.4. The van der Waals surface area contributed by atoms with Gasteiger partial charge in [-0.2, -0.15) is 0 Å². The van der Waals surface area contributed by atoms with E-state index in [1.807, 2.05) is 13.8 Å². The first-order valence-electron chi connectivity index (χ1n) is 6.66. The number of benzene rings is 1. The topological polar surface area (TPSA) is 49.6 Å². The van der Waals surface area contributed by atoms with Gasteiger partial charge in [0.1, 0.15) is 5.82 Å². The largest absolute Gasteiger partial charge is 0.330 e. The third-order valence-corrected chi connectivity index (χ3v) is 2.97. The molecule has 0 aliphatic heterocycles. The van der Waals surface area contributed by atoms with E-state index in [0.29, 0.717) is 38.3 Å². The lowest BCUT2D eigenvalue weighted by molar-refractivity contribution is 0.210. The number of nitrogens with zero attached hydrogens (tertiary/aromatic N) is 2. The molecule has 0 radical (unpaired) electrons. The molecule has 0 atom stereocenters. The van der Waals surface area contributed by atoms with Crippen molar-refractivity contribution in [1.82, 2.24) is 4.90 Å². The van der Waals surface area contributed by atoms with E-state index in [1.54, 1.807) is 21.9 Å². The Morgan fingerprint density at radius 3 is 2.53 bits per heavy atom. The molecule has 0 fully saturated rings. The molecule has 2 amide bonds. The number of halogens is 1. The van der Waals surface area contributed by atoms with Crippen LogP contribution in [-0.2, 0) is 0 Å². The van der Waals surface area contributed by atoms with Gasteiger partial charge in [0.25, 0.3) is 0 Å². The lowest BCUT2D eigenvalue weighted by atomic mass is 10.2. The Labute approximate surface area is 114 Å². The number of carbonyl (C=O) groups is 1. The van der Waals surface area contributed by atoms with Gasteiger partial charge in [0.2, 0.25) is 0 Å². The van der Waals surface area contributed by atoms with Crippen LogP contribution in [0, 0.1) is 5.82 Å². The van der Waals surface area contributed by atoms with E-state index in [9.17, 15) is 9.18 Å². The number of rotatable bonds is 6. The monoisotopic (exact) mass is 267 g/mol. The number of hydrogen-bond donors (Lipinski definition) is 1. The molecule has 2 N–H and O–H groups in total.